The second-order valence-electron chi connectivity index (χ2n) is 5.76. The lowest BCUT2D eigenvalue weighted by Gasteiger charge is -2.34. The summed E-state index contributed by atoms with van der Waals surface area (Å²) in [7, 11) is 1.68. The van der Waals surface area contributed by atoms with Gasteiger partial charge in [0.15, 0.2) is 0 Å². The molecule has 1 amide bonds. The average molecular weight is 270 g/mol. The van der Waals surface area contributed by atoms with Crippen molar-refractivity contribution in [1.82, 2.24) is 9.80 Å². The fourth-order valence-electron chi connectivity index (χ4n) is 2.72. The topological polar surface area (TPSA) is 60.9 Å². The molecule has 19 heavy (non-hydrogen) atoms. The summed E-state index contributed by atoms with van der Waals surface area (Å²) in [5, 5.41) is 8.96. The Kier molecular flexibility index (Phi) is 5.79. The van der Waals surface area contributed by atoms with E-state index in [-0.39, 0.29) is 18.5 Å². The number of carboxylic acid groups (broad SMARTS) is 1. The number of hydrogen-bond acceptors (Lipinski definition) is 3. The summed E-state index contributed by atoms with van der Waals surface area (Å²) < 4.78 is 0. The second kappa shape index (κ2) is 6.89. The van der Waals surface area contributed by atoms with Crippen LogP contribution in [0.1, 0.15) is 46.5 Å². The predicted octanol–water partition coefficient (Wildman–Crippen LogP) is 1.57. The molecular formula is C14H26N2O3. The Balaban J connectivity index is 2.64. The Hall–Kier alpha value is -1.10. The molecule has 1 rings (SSSR count). The number of carbonyl (C=O) groups excluding carboxylic acids is 1. The first kappa shape index (κ1) is 16.0. The normalized spacial score (nSPS) is 18.0. The van der Waals surface area contributed by atoms with Crippen LogP contribution in [0, 0.1) is 0 Å². The molecule has 5 heteroatoms. The van der Waals surface area contributed by atoms with Crippen LogP contribution < -0.4 is 0 Å². The number of nitrogens with zero attached hydrogens (tertiary/aromatic N) is 2. The number of carbonyl (C=O) groups is 2. The molecule has 0 aromatic rings. The van der Waals surface area contributed by atoms with Gasteiger partial charge in [0.2, 0.25) is 5.91 Å². The van der Waals surface area contributed by atoms with Gasteiger partial charge >= 0.3 is 5.97 Å². The quantitative estimate of drug-likeness (QED) is 0.796. The number of likely N-dealkylation sites (N-methyl/N-ethyl adjacent to an activating group) is 1. The van der Waals surface area contributed by atoms with Crippen molar-refractivity contribution in [3.05, 3.63) is 0 Å². The molecule has 0 heterocycles. The van der Waals surface area contributed by atoms with E-state index in [4.69, 9.17) is 5.11 Å². The van der Waals surface area contributed by atoms with E-state index >= 15 is 0 Å². The molecule has 1 N–H and O–H groups in total. The Labute approximate surface area is 115 Å². The van der Waals surface area contributed by atoms with Crippen LogP contribution in [0.5, 0.6) is 0 Å². The Morgan fingerprint density at radius 1 is 1.21 bits per heavy atom. The maximum atomic E-state index is 12.4. The third-order valence-electron chi connectivity index (χ3n) is 3.97. The van der Waals surface area contributed by atoms with Crippen LogP contribution in [0.2, 0.25) is 0 Å². The van der Waals surface area contributed by atoms with Crippen molar-refractivity contribution in [2.24, 2.45) is 0 Å². The average Bonchev–Trinajstić information content (AvgIpc) is 2.80. The minimum absolute atomic E-state index is 0.0394. The molecular weight excluding hydrogens is 244 g/mol. The van der Waals surface area contributed by atoms with E-state index in [1.165, 1.54) is 12.8 Å². The highest BCUT2D eigenvalue weighted by Crippen LogP contribution is 2.25. The highest BCUT2D eigenvalue weighted by atomic mass is 16.4. The summed E-state index contributed by atoms with van der Waals surface area (Å²) in [6, 6.07) is -0.133. The SMILES string of the molecule is CC(C(=O)O)N(C)CC(=O)N(C(C)C)C1CCCC1. The Morgan fingerprint density at radius 2 is 1.74 bits per heavy atom. The fourth-order valence-corrected chi connectivity index (χ4v) is 2.72. The fraction of sp³-hybridized carbons (Fsp3) is 0.857. The molecule has 1 aliphatic carbocycles. The molecule has 0 radical (unpaired) electrons. The molecule has 0 spiro atoms. The molecule has 110 valence electrons. The number of hydrogen-bond donors (Lipinski definition) is 1. The van der Waals surface area contributed by atoms with Crippen molar-refractivity contribution in [3.8, 4) is 0 Å². The highest BCUT2D eigenvalue weighted by Gasteiger charge is 2.30. The van der Waals surface area contributed by atoms with E-state index in [2.05, 4.69) is 0 Å². The van der Waals surface area contributed by atoms with Crippen LogP contribution in [0.15, 0.2) is 0 Å². The van der Waals surface area contributed by atoms with Crippen LogP contribution in [-0.2, 0) is 9.59 Å². The molecule has 1 aliphatic rings. The lowest BCUT2D eigenvalue weighted by Crippen LogP contribution is -2.49. The number of rotatable bonds is 6. The second-order valence-corrected chi connectivity index (χ2v) is 5.76. The van der Waals surface area contributed by atoms with E-state index in [1.807, 2.05) is 18.7 Å². The van der Waals surface area contributed by atoms with Crippen molar-refractivity contribution in [2.45, 2.75) is 64.6 Å². The predicted molar refractivity (Wildman–Crippen MR) is 74.0 cm³/mol. The third-order valence-corrected chi connectivity index (χ3v) is 3.97. The zero-order chi connectivity index (χ0) is 14.6. The van der Waals surface area contributed by atoms with Gasteiger partial charge in [-0.2, -0.15) is 0 Å². The van der Waals surface area contributed by atoms with Crippen LogP contribution in [0.25, 0.3) is 0 Å². The largest absolute Gasteiger partial charge is 0.480 e. The maximum absolute atomic E-state index is 12.4. The van der Waals surface area contributed by atoms with Gasteiger partial charge in [0, 0.05) is 12.1 Å². The molecule has 1 unspecified atom stereocenters. The van der Waals surface area contributed by atoms with Crippen molar-refractivity contribution >= 4 is 11.9 Å². The van der Waals surface area contributed by atoms with Gasteiger partial charge in [-0.3, -0.25) is 14.5 Å². The number of carboxylic acids is 1. The van der Waals surface area contributed by atoms with Crippen molar-refractivity contribution in [2.75, 3.05) is 13.6 Å². The van der Waals surface area contributed by atoms with Crippen LogP contribution >= 0.6 is 0 Å². The summed E-state index contributed by atoms with van der Waals surface area (Å²) in [6.07, 6.45) is 4.51. The van der Waals surface area contributed by atoms with Crippen LogP contribution in [0.4, 0.5) is 0 Å². The maximum Gasteiger partial charge on any atom is 0.320 e. The zero-order valence-electron chi connectivity index (χ0n) is 12.4. The third kappa shape index (κ3) is 4.20. The van der Waals surface area contributed by atoms with E-state index < -0.39 is 12.0 Å². The van der Waals surface area contributed by atoms with Gasteiger partial charge in [-0.1, -0.05) is 12.8 Å². The molecule has 1 saturated carbocycles. The summed E-state index contributed by atoms with van der Waals surface area (Å²) >= 11 is 0. The van der Waals surface area contributed by atoms with Crippen molar-refractivity contribution in [1.29, 1.82) is 0 Å². The molecule has 1 fully saturated rings. The highest BCUT2D eigenvalue weighted by molar-refractivity contribution is 5.80. The summed E-state index contributed by atoms with van der Waals surface area (Å²) in [5.74, 6) is -0.857. The van der Waals surface area contributed by atoms with Crippen molar-refractivity contribution < 1.29 is 14.7 Å². The number of aliphatic carboxylic acids is 1. The minimum Gasteiger partial charge on any atom is -0.480 e. The first-order valence-electron chi connectivity index (χ1n) is 7.08. The first-order valence-corrected chi connectivity index (χ1v) is 7.08. The van der Waals surface area contributed by atoms with Crippen LogP contribution in [-0.4, -0.2) is 58.5 Å². The minimum atomic E-state index is -0.896. The van der Waals surface area contributed by atoms with Gasteiger partial charge in [0.05, 0.1) is 6.54 Å². The van der Waals surface area contributed by atoms with Gasteiger partial charge in [0.1, 0.15) is 6.04 Å². The van der Waals surface area contributed by atoms with E-state index in [0.29, 0.717) is 6.04 Å². The molecule has 1 atom stereocenters. The van der Waals surface area contributed by atoms with Gasteiger partial charge < -0.3 is 10.0 Å². The molecule has 0 aliphatic heterocycles. The summed E-state index contributed by atoms with van der Waals surface area (Å²) in [4.78, 5) is 26.9. The first-order chi connectivity index (χ1) is 8.84. The van der Waals surface area contributed by atoms with E-state index in [9.17, 15) is 9.59 Å². The molecule has 0 aromatic heterocycles. The molecule has 0 bridgehead atoms. The molecule has 0 aromatic carbocycles. The molecule has 0 saturated heterocycles. The number of amides is 1. The van der Waals surface area contributed by atoms with Gasteiger partial charge in [0.25, 0.3) is 0 Å². The van der Waals surface area contributed by atoms with Crippen molar-refractivity contribution in [3.63, 3.8) is 0 Å². The van der Waals surface area contributed by atoms with Gasteiger partial charge in [-0.05, 0) is 40.7 Å². The van der Waals surface area contributed by atoms with E-state index in [0.717, 1.165) is 12.8 Å². The lowest BCUT2D eigenvalue weighted by atomic mass is 10.1. The Bertz CT molecular complexity index is 325. The van der Waals surface area contributed by atoms with Gasteiger partial charge in [-0.25, -0.2) is 0 Å². The zero-order valence-corrected chi connectivity index (χ0v) is 12.4. The smallest absolute Gasteiger partial charge is 0.320 e. The Morgan fingerprint density at radius 3 is 2.16 bits per heavy atom. The van der Waals surface area contributed by atoms with Crippen LogP contribution in [0.3, 0.4) is 0 Å². The van der Waals surface area contributed by atoms with E-state index in [1.54, 1.807) is 18.9 Å². The van der Waals surface area contributed by atoms with Gasteiger partial charge in [-0.15, -0.1) is 0 Å². The lowest BCUT2D eigenvalue weighted by molar-refractivity contribution is -0.144. The standard InChI is InChI=1S/C14H26N2O3/c1-10(2)16(12-7-5-6-8-12)13(17)9-15(4)11(3)14(18)19/h10-12H,5-9H2,1-4H3,(H,18,19). The molecule has 5 nitrogen and oxygen atoms in total. The summed E-state index contributed by atoms with van der Waals surface area (Å²) in [6.45, 7) is 5.82. The summed E-state index contributed by atoms with van der Waals surface area (Å²) in [5.41, 5.74) is 0. The monoisotopic (exact) mass is 270 g/mol.